The van der Waals surface area contributed by atoms with Gasteiger partial charge in [0.25, 0.3) is 5.91 Å². The summed E-state index contributed by atoms with van der Waals surface area (Å²) >= 11 is 0. The summed E-state index contributed by atoms with van der Waals surface area (Å²) in [6.45, 7) is 5.55. The molecule has 126 valence electrons. The Bertz CT molecular complexity index is 698. The minimum Gasteiger partial charge on any atom is -0.439 e. The third-order valence-electron chi connectivity index (χ3n) is 4.55. The molecule has 1 amide bonds. The number of ether oxygens (including phenoxy) is 1. The van der Waals surface area contributed by atoms with E-state index < -0.39 is 0 Å². The number of nitrogens with two attached hydrogens (primary N) is 1. The number of aromatic nitrogens is 1. The first-order valence-electron chi connectivity index (χ1n) is 8.19. The van der Waals surface area contributed by atoms with Crippen molar-refractivity contribution >= 4 is 5.91 Å². The number of para-hydroxylation sites is 1. The highest BCUT2D eigenvalue weighted by molar-refractivity contribution is 5.94. The van der Waals surface area contributed by atoms with E-state index in [0.29, 0.717) is 24.5 Å². The van der Waals surface area contributed by atoms with Gasteiger partial charge in [-0.3, -0.25) is 4.79 Å². The maximum atomic E-state index is 12.7. The van der Waals surface area contributed by atoms with Gasteiger partial charge in [-0.15, -0.1) is 0 Å². The second-order valence-electron chi connectivity index (χ2n) is 6.91. The van der Waals surface area contributed by atoms with Gasteiger partial charge in [-0.1, -0.05) is 32.0 Å². The van der Waals surface area contributed by atoms with E-state index in [0.717, 1.165) is 12.2 Å². The van der Waals surface area contributed by atoms with E-state index in [9.17, 15) is 4.79 Å². The molecule has 1 atom stereocenters. The summed E-state index contributed by atoms with van der Waals surface area (Å²) in [6, 6.07) is 13.1. The first kappa shape index (κ1) is 16.5. The summed E-state index contributed by atoms with van der Waals surface area (Å²) in [5.74, 6) is 1.18. The first-order chi connectivity index (χ1) is 11.5. The van der Waals surface area contributed by atoms with Gasteiger partial charge in [0.05, 0.1) is 5.56 Å². The van der Waals surface area contributed by atoms with Gasteiger partial charge < -0.3 is 15.4 Å². The van der Waals surface area contributed by atoms with Crippen molar-refractivity contribution in [3.8, 4) is 11.6 Å². The lowest BCUT2D eigenvalue weighted by atomic mass is 9.79. The Morgan fingerprint density at radius 1 is 1.25 bits per heavy atom. The number of hydrogen-bond acceptors (Lipinski definition) is 4. The average Bonchev–Trinajstić information content (AvgIpc) is 2.58. The fraction of sp³-hybridized carbons (Fsp3) is 0.368. The van der Waals surface area contributed by atoms with E-state index in [1.54, 1.807) is 18.3 Å². The first-order valence-corrected chi connectivity index (χ1v) is 8.19. The van der Waals surface area contributed by atoms with Crippen LogP contribution in [0.5, 0.6) is 11.6 Å². The Kier molecular flexibility index (Phi) is 4.53. The summed E-state index contributed by atoms with van der Waals surface area (Å²) in [7, 11) is 0. The Morgan fingerprint density at radius 3 is 2.62 bits per heavy atom. The highest BCUT2D eigenvalue weighted by Gasteiger charge is 2.35. The van der Waals surface area contributed by atoms with Crippen LogP contribution in [0.3, 0.4) is 0 Å². The van der Waals surface area contributed by atoms with Crippen molar-refractivity contribution in [2.24, 2.45) is 11.1 Å². The Hall–Kier alpha value is -2.40. The lowest BCUT2D eigenvalue weighted by Crippen LogP contribution is -2.54. The van der Waals surface area contributed by atoms with Crippen molar-refractivity contribution in [3.05, 3.63) is 54.2 Å². The molecular weight excluding hydrogens is 302 g/mol. The number of amides is 1. The molecule has 5 nitrogen and oxygen atoms in total. The zero-order valence-corrected chi connectivity index (χ0v) is 14.1. The molecule has 1 aromatic carbocycles. The predicted molar refractivity (Wildman–Crippen MR) is 93.0 cm³/mol. The summed E-state index contributed by atoms with van der Waals surface area (Å²) < 4.78 is 5.65. The van der Waals surface area contributed by atoms with Crippen LogP contribution < -0.4 is 10.5 Å². The standard InChI is InChI=1S/C19H23N3O2/c1-19(2)13-22(11-10-16(19)20)18(23)14-8-9-17(21-12-14)24-15-6-4-3-5-7-15/h3-9,12,16H,10-11,13,20H2,1-2H3. The van der Waals surface area contributed by atoms with Gasteiger partial charge in [-0.25, -0.2) is 4.98 Å². The van der Waals surface area contributed by atoms with Gasteiger partial charge in [-0.05, 0) is 30.0 Å². The third kappa shape index (κ3) is 3.57. The normalized spacial score (nSPS) is 19.8. The van der Waals surface area contributed by atoms with Crippen LogP contribution in [0.15, 0.2) is 48.7 Å². The Labute approximate surface area is 142 Å². The lowest BCUT2D eigenvalue weighted by molar-refractivity contribution is 0.0532. The molecule has 3 rings (SSSR count). The molecular formula is C19H23N3O2. The number of likely N-dealkylation sites (tertiary alicyclic amines) is 1. The van der Waals surface area contributed by atoms with Crippen LogP contribution in [0.4, 0.5) is 0 Å². The summed E-state index contributed by atoms with van der Waals surface area (Å²) in [4.78, 5) is 18.8. The van der Waals surface area contributed by atoms with Gasteiger partial charge >= 0.3 is 0 Å². The lowest BCUT2D eigenvalue weighted by Gasteiger charge is -2.42. The highest BCUT2D eigenvalue weighted by Crippen LogP contribution is 2.28. The highest BCUT2D eigenvalue weighted by atomic mass is 16.5. The van der Waals surface area contributed by atoms with Crippen molar-refractivity contribution in [2.75, 3.05) is 13.1 Å². The van der Waals surface area contributed by atoms with Gasteiger partial charge in [0.15, 0.2) is 0 Å². The van der Waals surface area contributed by atoms with Gasteiger partial charge in [-0.2, -0.15) is 0 Å². The number of carbonyl (C=O) groups excluding carboxylic acids is 1. The molecule has 1 aromatic heterocycles. The van der Waals surface area contributed by atoms with Crippen molar-refractivity contribution in [2.45, 2.75) is 26.3 Å². The van der Waals surface area contributed by atoms with Crippen LogP contribution in [0.25, 0.3) is 0 Å². The number of piperidine rings is 1. The second-order valence-corrected chi connectivity index (χ2v) is 6.91. The molecule has 2 heterocycles. The zero-order valence-electron chi connectivity index (χ0n) is 14.1. The van der Waals surface area contributed by atoms with Gasteiger partial charge in [0, 0.05) is 31.4 Å². The molecule has 1 fully saturated rings. The Balaban J connectivity index is 1.68. The number of hydrogen-bond donors (Lipinski definition) is 1. The largest absolute Gasteiger partial charge is 0.439 e. The van der Waals surface area contributed by atoms with E-state index >= 15 is 0 Å². The maximum absolute atomic E-state index is 12.7. The van der Waals surface area contributed by atoms with Crippen LogP contribution in [0.1, 0.15) is 30.6 Å². The minimum absolute atomic E-state index is 0.00580. The number of pyridine rings is 1. The molecule has 1 aliphatic rings. The quantitative estimate of drug-likeness (QED) is 0.941. The van der Waals surface area contributed by atoms with Crippen molar-refractivity contribution in [1.82, 2.24) is 9.88 Å². The molecule has 24 heavy (non-hydrogen) atoms. The molecule has 1 saturated heterocycles. The molecule has 5 heteroatoms. The van der Waals surface area contributed by atoms with Crippen molar-refractivity contribution in [3.63, 3.8) is 0 Å². The van der Waals surface area contributed by atoms with Crippen molar-refractivity contribution in [1.29, 1.82) is 0 Å². The van der Waals surface area contributed by atoms with E-state index in [-0.39, 0.29) is 17.4 Å². The molecule has 0 aliphatic carbocycles. The predicted octanol–water partition coefficient (Wildman–Crippen LogP) is 3.07. The fourth-order valence-electron chi connectivity index (χ4n) is 2.91. The second kappa shape index (κ2) is 6.61. The van der Waals surface area contributed by atoms with Crippen LogP contribution >= 0.6 is 0 Å². The molecule has 0 bridgehead atoms. The van der Waals surface area contributed by atoms with Crippen molar-refractivity contribution < 1.29 is 9.53 Å². The zero-order chi connectivity index (χ0) is 17.2. The topological polar surface area (TPSA) is 68.5 Å². The number of rotatable bonds is 3. The number of benzene rings is 1. The number of nitrogens with zero attached hydrogens (tertiary/aromatic N) is 2. The molecule has 0 radical (unpaired) electrons. The smallest absolute Gasteiger partial charge is 0.255 e. The Morgan fingerprint density at radius 2 is 2.00 bits per heavy atom. The monoisotopic (exact) mass is 325 g/mol. The van der Waals surface area contributed by atoms with Gasteiger partial charge in [0.1, 0.15) is 5.75 Å². The molecule has 2 aromatic rings. The average molecular weight is 325 g/mol. The van der Waals surface area contributed by atoms with E-state index in [4.69, 9.17) is 10.5 Å². The molecule has 0 saturated carbocycles. The van der Waals surface area contributed by atoms with Crippen LogP contribution in [-0.4, -0.2) is 34.9 Å². The fourth-order valence-corrected chi connectivity index (χ4v) is 2.91. The molecule has 2 N–H and O–H groups in total. The summed E-state index contributed by atoms with van der Waals surface area (Å²) in [5, 5.41) is 0. The van der Waals surface area contributed by atoms with Crippen LogP contribution in [-0.2, 0) is 0 Å². The third-order valence-corrected chi connectivity index (χ3v) is 4.55. The molecule has 0 spiro atoms. The minimum atomic E-state index is -0.0717. The van der Waals surface area contributed by atoms with E-state index in [1.165, 1.54) is 0 Å². The summed E-state index contributed by atoms with van der Waals surface area (Å²) in [6.07, 6.45) is 2.39. The van der Waals surface area contributed by atoms with E-state index in [2.05, 4.69) is 18.8 Å². The van der Waals surface area contributed by atoms with Crippen LogP contribution in [0, 0.1) is 5.41 Å². The SMILES string of the molecule is CC1(C)CN(C(=O)c2ccc(Oc3ccccc3)nc2)CCC1N. The molecule has 1 aliphatic heterocycles. The van der Waals surface area contributed by atoms with Gasteiger partial charge in [0.2, 0.25) is 5.88 Å². The van der Waals surface area contributed by atoms with E-state index in [1.807, 2.05) is 35.2 Å². The number of carbonyl (C=O) groups is 1. The summed E-state index contributed by atoms with van der Waals surface area (Å²) in [5.41, 5.74) is 6.64. The molecule has 1 unspecified atom stereocenters. The maximum Gasteiger partial charge on any atom is 0.255 e. The van der Waals surface area contributed by atoms with Crippen LogP contribution in [0.2, 0.25) is 0 Å².